The van der Waals surface area contributed by atoms with Crippen molar-refractivity contribution in [1.29, 1.82) is 0 Å². The number of hydrogen-bond donors (Lipinski definition) is 4. The maximum Gasteiger partial charge on any atom is 0.416 e. The first-order valence-corrected chi connectivity index (χ1v) is 36.5. The van der Waals surface area contributed by atoms with Gasteiger partial charge in [0.2, 0.25) is 31.9 Å². The zero-order chi connectivity index (χ0) is 76.0. The fourth-order valence-electron chi connectivity index (χ4n) is 12.5. The van der Waals surface area contributed by atoms with Crippen molar-refractivity contribution in [2.75, 3.05) is 22.0 Å². The minimum absolute atomic E-state index is 0.000993. The molecule has 0 saturated heterocycles. The molecule has 0 spiro atoms. The molecule has 2 saturated carbocycles. The summed E-state index contributed by atoms with van der Waals surface area (Å²) in [5.74, 6) is -5.48. The molecule has 2 atom stereocenters. The minimum Gasteiger partial charge on any atom is -0.344 e. The second-order valence-corrected chi connectivity index (χ2v) is 29.9. The fourth-order valence-corrected chi connectivity index (χ4v) is 14.0. The molecule has 2 aliphatic rings. The quantitative estimate of drug-likeness (QED) is 0.0516. The van der Waals surface area contributed by atoms with Crippen LogP contribution in [0.4, 0.5) is 55.5 Å². The highest BCUT2D eigenvalue weighted by Gasteiger charge is 2.36. The Bertz CT molecular complexity index is 5550. The van der Waals surface area contributed by atoms with Crippen molar-refractivity contribution >= 4 is 110 Å². The van der Waals surface area contributed by atoms with Crippen LogP contribution in [0.3, 0.4) is 0 Å². The molecule has 14 rings (SSSR count). The lowest BCUT2D eigenvalue weighted by atomic mass is 10.0. The summed E-state index contributed by atoms with van der Waals surface area (Å²) in [5, 5.41) is 22.6. The molecule has 106 heavy (non-hydrogen) atoms. The van der Waals surface area contributed by atoms with Gasteiger partial charge in [0.1, 0.15) is 48.0 Å². The number of hydrogen-bond acceptors (Lipinski definition) is 14. The molecule has 6 aromatic carbocycles. The summed E-state index contributed by atoms with van der Waals surface area (Å²) in [6, 6.07) is 16.3. The number of alkyl halides is 6. The van der Waals surface area contributed by atoms with E-state index in [9.17, 15) is 79.9 Å². The lowest BCUT2D eigenvalue weighted by Crippen LogP contribution is -2.37. The number of benzene rings is 6. The number of sulfonamides is 2. The third-order valence-electron chi connectivity index (χ3n) is 17.3. The maximum atomic E-state index is 14.5. The van der Waals surface area contributed by atoms with Crippen molar-refractivity contribution in [3.63, 3.8) is 0 Å². The normalized spacial score (nSPS) is 14.2. The summed E-state index contributed by atoms with van der Waals surface area (Å²) >= 11 is 13.1. The van der Waals surface area contributed by atoms with Gasteiger partial charge in [-0.25, -0.2) is 44.4 Å². The Balaban J connectivity index is 0.000000188. The van der Waals surface area contributed by atoms with Gasteiger partial charge in [0, 0.05) is 63.3 Å². The second-order valence-electron chi connectivity index (χ2n) is 25.6. The van der Waals surface area contributed by atoms with Gasteiger partial charge in [0.25, 0.3) is 11.1 Å². The summed E-state index contributed by atoms with van der Waals surface area (Å²) in [6.45, 7) is -0.631. The molecule has 0 bridgehead atoms. The van der Waals surface area contributed by atoms with E-state index < -0.39 is 102 Å². The largest absolute Gasteiger partial charge is 0.416 e. The Kier molecular flexibility index (Phi) is 19.4. The summed E-state index contributed by atoms with van der Waals surface area (Å²) in [4.78, 5) is 65.4. The number of carbonyl (C=O) groups excluding carboxylic acids is 2. The van der Waals surface area contributed by atoms with Crippen molar-refractivity contribution in [3.05, 3.63) is 221 Å². The van der Waals surface area contributed by atoms with Gasteiger partial charge in [0.15, 0.2) is 11.6 Å². The maximum absolute atomic E-state index is 14.5. The SMILES string of the molecule is Cn1nc(NS(C)(=O)=O)c2c(Cl)ccc(-n3c([C@H](Cc4cc(F)cc(F)c4)NC(=O)Cn4ccc(C5CC5)n4)nc4cc(C(F)(F)F)ccc4c3=O)c21.Cn1nc(NS(C)(=O)=O)c2c(Cl)ccc(-n3c([C@H](Cc4cc(F)cc(F)c4)NC(=O)Cn4ccc(C5CC5)n4)nc4cc(C(F)(F)F)ccc4c3=O)c21. The van der Waals surface area contributed by atoms with Crippen LogP contribution in [0.1, 0.15) is 94.9 Å². The number of rotatable bonds is 20. The van der Waals surface area contributed by atoms with Crippen LogP contribution in [-0.4, -0.2) is 99.4 Å². The summed E-state index contributed by atoms with van der Waals surface area (Å²) < 4.78 is 202. The van der Waals surface area contributed by atoms with Crippen molar-refractivity contribution < 1.29 is 70.3 Å². The van der Waals surface area contributed by atoms with Crippen LogP contribution in [-0.2, 0) is 82.0 Å². The Hall–Kier alpha value is -10.7. The molecule has 0 unspecified atom stereocenters. The van der Waals surface area contributed by atoms with E-state index in [1.54, 1.807) is 24.5 Å². The molecule has 2 amide bonds. The summed E-state index contributed by atoms with van der Waals surface area (Å²) in [6.07, 6.45) is -1.47. The van der Waals surface area contributed by atoms with Crippen molar-refractivity contribution in [1.82, 2.24) is 68.9 Å². The Morgan fingerprint density at radius 1 is 0.519 bits per heavy atom. The highest BCUT2D eigenvalue weighted by Crippen LogP contribution is 2.42. The van der Waals surface area contributed by atoms with E-state index in [0.717, 1.165) is 107 Å². The number of nitrogens with one attached hydrogen (secondary N) is 4. The number of nitrogens with zero attached hydrogens (tertiary/aromatic N) is 12. The van der Waals surface area contributed by atoms with E-state index in [-0.39, 0.29) is 125 Å². The fraction of sp³-hybridized carbons (Fsp3) is 0.265. The van der Waals surface area contributed by atoms with Gasteiger partial charge < -0.3 is 10.6 Å². The predicted molar refractivity (Wildman–Crippen MR) is 370 cm³/mol. The number of fused-ring (bicyclic) bond motifs is 4. The van der Waals surface area contributed by atoms with Crippen LogP contribution in [0.15, 0.2) is 131 Å². The van der Waals surface area contributed by atoms with E-state index >= 15 is 0 Å². The average molecular weight is 1550 g/mol. The molecule has 6 heterocycles. The van der Waals surface area contributed by atoms with Crippen molar-refractivity contribution in [2.24, 2.45) is 14.1 Å². The molecule has 2 fully saturated rings. The zero-order valence-electron chi connectivity index (χ0n) is 55.5. The number of aromatic nitrogens is 12. The summed E-state index contributed by atoms with van der Waals surface area (Å²) in [7, 11) is -4.87. The van der Waals surface area contributed by atoms with Crippen molar-refractivity contribution in [3.8, 4) is 11.4 Å². The molecule has 6 aromatic heterocycles. The molecular formula is C68H56Cl2F10N16O8S2. The van der Waals surface area contributed by atoms with Crippen LogP contribution in [0.25, 0.3) is 55.0 Å². The van der Waals surface area contributed by atoms with Gasteiger partial charge in [0.05, 0.1) is 112 Å². The van der Waals surface area contributed by atoms with Crippen LogP contribution in [0.2, 0.25) is 10.0 Å². The van der Waals surface area contributed by atoms with E-state index in [0.29, 0.717) is 36.1 Å². The Morgan fingerprint density at radius 3 is 1.21 bits per heavy atom. The zero-order valence-corrected chi connectivity index (χ0v) is 58.6. The van der Waals surface area contributed by atoms with Gasteiger partial charge in [-0.05, 0) is 134 Å². The third-order valence-corrected chi connectivity index (χ3v) is 19.0. The molecule has 2 aliphatic carbocycles. The van der Waals surface area contributed by atoms with E-state index in [1.807, 2.05) is 0 Å². The van der Waals surface area contributed by atoms with Gasteiger partial charge in [-0.1, -0.05) is 23.2 Å². The van der Waals surface area contributed by atoms with Gasteiger partial charge >= 0.3 is 12.4 Å². The van der Waals surface area contributed by atoms with E-state index in [1.165, 1.54) is 57.1 Å². The lowest BCUT2D eigenvalue weighted by Gasteiger charge is -2.24. The molecule has 0 radical (unpaired) electrons. The van der Waals surface area contributed by atoms with Crippen LogP contribution >= 0.6 is 23.2 Å². The smallest absolute Gasteiger partial charge is 0.344 e. The third kappa shape index (κ3) is 15.9. The van der Waals surface area contributed by atoms with E-state index in [4.69, 9.17) is 23.2 Å². The lowest BCUT2D eigenvalue weighted by molar-refractivity contribution is -0.138. The standard InChI is InChI=1S/2C34H28ClF5N8O4S/c2*1-46-30-27(8-7-23(35)29(30)31(44-46)45-53(2,51)52)48-32(42-25-14-19(34(38,39)40)5-6-22(25)33(48)50)26(13-17-11-20(36)15-21(37)12-17)41-28(49)16-47-10-9-24(43-47)18-3-4-18/h2*5-12,14-15,18,26H,3-4,13,16H2,1-2H3,(H,41,49)(H,44,45)/t2*26-/m00/s1. The predicted octanol–water partition coefficient (Wildman–Crippen LogP) is 11.5. The molecule has 38 heteroatoms. The highest BCUT2D eigenvalue weighted by molar-refractivity contribution is 7.92. The molecule has 552 valence electrons. The van der Waals surface area contributed by atoms with Gasteiger partial charge in [-0.2, -0.15) is 46.7 Å². The van der Waals surface area contributed by atoms with Crippen LogP contribution in [0.5, 0.6) is 0 Å². The minimum atomic E-state index is -4.80. The number of carbonyl (C=O) groups is 2. The molecular weight excluding hydrogens is 1490 g/mol. The number of anilines is 2. The first-order chi connectivity index (χ1) is 49.9. The van der Waals surface area contributed by atoms with Crippen molar-refractivity contribution in [2.45, 2.75) is 87.9 Å². The average Bonchev–Trinajstić information content (AvgIpc) is 1.34. The Morgan fingerprint density at radius 2 is 0.877 bits per heavy atom. The Labute approximate surface area is 602 Å². The number of halogens is 12. The van der Waals surface area contributed by atoms with Gasteiger partial charge in [-0.15, -0.1) is 0 Å². The van der Waals surface area contributed by atoms with Crippen LogP contribution < -0.4 is 31.2 Å². The molecule has 0 aliphatic heterocycles. The van der Waals surface area contributed by atoms with Crippen LogP contribution in [0, 0.1) is 23.3 Å². The summed E-state index contributed by atoms with van der Waals surface area (Å²) in [5.41, 5.74) is -2.86. The monoisotopic (exact) mass is 1550 g/mol. The second kappa shape index (κ2) is 28.0. The first kappa shape index (κ1) is 73.6. The highest BCUT2D eigenvalue weighted by atomic mass is 35.5. The first-order valence-electron chi connectivity index (χ1n) is 32.0. The van der Waals surface area contributed by atoms with E-state index in [2.05, 4.69) is 50.4 Å². The number of amides is 2. The molecule has 4 N–H and O–H groups in total. The molecule has 12 aromatic rings. The topological polar surface area (TPSA) is 292 Å². The molecule has 24 nitrogen and oxygen atoms in total. The van der Waals surface area contributed by atoms with Gasteiger partial charge in [-0.3, -0.25) is 56.5 Å². The number of aryl methyl sites for hydroxylation is 2.